The van der Waals surface area contributed by atoms with Crippen molar-refractivity contribution in [3.63, 3.8) is 0 Å². The fourth-order valence-corrected chi connectivity index (χ4v) is 2.83. The van der Waals surface area contributed by atoms with Crippen molar-refractivity contribution in [2.45, 2.75) is 12.5 Å². The monoisotopic (exact) mass is 296 g/mol. The van der Waals surface area contributed by atoms with E-state index in [0.717, 1.165) is 16.9 Å². The third-order valence-electron chi connectivity index (χ3n) is 4.07. The molecule has 22 heavy (non-hydrogen) atoms. The lowest BCUT2D eigenvalue weighted by Crippen LogP contribution is -2.36. The first kappa shape index (κ1) is 14.6. The zero-order valence-electron chi connectivity index (χ0n) is 12.9. The quantitative estimate of drug-likeness (QED) is 0.927. The number of para-hydroxylation sites is 1. The van der Waals surface area contributed by atoms with Crippen molar-refractivity contribution < 1.29 is 9.90 Å². The summed E-state index contributed by atoms with van der Waals surface area (Å²) in [5, 5.41) is 10.1. The lowest BCUT2D eigenvalue weighted by Gasteiger charge is -2.32. The van der Waals surface area contributed by atoms with Gasteiger partial charge in [-0.05, 0) is 30.7 Å². The summed E-state index contributed by atoms with van der Waals surface area (Å²) >= 11 is 0. The number of hydrogen-bond acceptors (Lipinski definition) is 3. The standard InChI is InChI=1S/C18H20N2O2/c1-19(2)14-7-5-6-13(12-14)18(22)20-11-10-17(21)15-8-3-4-9-16(15)20/h3-9,12,17,21H,10-11H2,1-2H3. The van der Waals surface area contributed by atoms with Crippen LogP contribution in [-0.4, -0.2) is 31.7 Å². The molecule has 0 radical (unpaired) electrons. The number of carbonyl (C=O) groups is 1. The largest absolute Gasteiger partial charge is 0.388 e. The molecular formula is C18H20N2O2. The van der Waals surface area contributed by atoms with E-state index in [1.165, 1.54) is 0 Å². The lowest BCUT2D eigenvalue weighted by atomic mass is 9.98. The number of hydrogen-bond donors (Lipinski definition) is 1. The van der Waals surface area contributed by atoms with Gasteiger partial charge in [0.15, 0.2) is 0 Å². The highest BCUT2D eigenvalue weighted by Gasteiger charge is 2.27. The van der Waals surface area contributed by atoms with E-state index in [4.69, 9.17) is 0 Å². The minimum atomic E-state index is -0.492. The molecule has 1 aliphatic heterocycles. The number of aliphatic hydroxyl groups excluding tert-OH is 1. The number of benzene rings is 2. The van der Waals surface area contributed by atoms with E-state index in [1.807, 2.05) is 67.5 Å². The van der Waals surface area contributed by atoms with E-state index in [1.54, 1.807) is 4.90 Å². The second-order valence-electron chi connectivity index (χ2n) is 5.76. The van der Waals surface area contributed by atoms with Crippen molar-refractivity contribution in [1.82, 2.24) is 0 Å². The zero-order valence-corrected chi connectivity index (χ0v) is 12.9. The summed E-state index contributed by atoms with van der Waals surface area (Å²) in [5.74, 6) is -0.0250. The second-order valence-corrected chi connectivity index (χ2v) is 5.76. The van der Waals surface area contributed by atoms with Crippen molar-refractivity contribution in [3.05, 3.63) is 59.7 Å². The predicted octanol–water partition coefficient (Wildman–Crippen LogP) is 2.84. The Balaban J connectivity index is 1.96. The molecule has 1 N–H and O–H groups in total. The minimum Gasteiger partial charge on any atom is -0.388 e. The first-order valence-corrected chi connectivity index (χ1v) is 7.44. The van der Waals surface area contributed by atoms with E-state index in [-0.39, 0.29) is 5.91 Å². The molecule has 4 nitrogen and oxygen atoms in total. The summed E-state index contributed by atoms with van der Waals surface area (Å²) in [5.41, 5.74) is 3.29. The maximum absolute atomic E-state index is 12.9. The zero-order chi connectivity index (χ0) is 15.7. The fourth-order valence-electron chi connectivity index (χ4n) is 2.83. The molecule has 0 spiro atoms. The predicted molar refractivity (Wildman–Crippen MR) is 88.5 cm³/mol. The van der Waals surface area contributed by atoms with Crippen LogP contribution in [0, 0.1) is 0 Å². The van der Waals surface area contributed by atoms with Crippen LogP contribution < -0.4 is 9.80 Å². The number of carbonyl (C=O) groups excluding carboxylic acids is 1. The van der Waals surface area contributed by atoms with E-state index in [9.17, 15) is 9.90 Å². The van der Waals surface area contributed by atoms with Gasteiger partial charge in [-0.3, -0.25) is 4.79 Å². The van der Waals surface area contributed by atoms with Gasteiger partial charge >= 0.3 is 0 Å². The summed E-state index contributed by atoms with van der Waals surface area (Å²) in [6.45, 7) is 0.531. The van der Waals surface area contributed by atoms with Crippen molar-refractivity contribution in [2.24, 2.45) is 0 Å². The van der Waals surface area contributed by atoms with Gasteiger partial charge < -0.3 is 14.9 Å². The Morgan fingerprint density at radius 2 is 1.95 bits per heavy atom. The van der Waals surface area contributed by atoms with Crippen LogP contribution in [0.15, 0.2) is 48.5 Å². The molecule has 1 heterocycles. The number of anilines is 2. The Morgan fingerprint density at radius 1 is 1.18 bits per heavy atom. The Kier molecular flexibility index (Phi) is 3.86. The smallest absolute Gasteiger partial charge is 0.258 e. The Hall–Kier alpha value is -2.33. The molecule has 114 valence electrons. The van der Waals surface area contributed by atoms with Crippen LogP contribution in [0.4, 0.5) is 11.4 Å². The molecular weight excluding hydrogens is 276 g/mol. The van der Waals surface area contributed by atoms with Crippen LogP contribution >= 0.6 is 0 Å². The van der Waals surface area contributed by atoms with Gasteiger partial charge in [0, 0.05) is 43.1 Å². The highest BCUT2D eigenvalue weighted by Crippen LogP contribution is 2.34. The van der Waals surface area contributed by atoms with Gasteiger partial charge in [-0.2, -0.15) is 0 Å². The van der Waals surface area contributed by atoms with E-state index in [2.05, 4.69) is 0 Å². The van der Waals surface area contributed by atoms with Gasteiger partial charge in [-0.15, -0.1) is 0 Å². The molecule has 0 fully saturated rings. The first-order chi connectivity index (χ1) is 10.6. The number of fused-ring (bicyclic) bond motifs is 1. The third kappa shape index (κ3) is 2.57. The average molecular weight is 296 g/mol. The second kappa shape index (κ2) is 5.81. The first-order valence-electron chi connectivity index (χ1n) is 7.44. The van der Waals surface area contributed by atoms with Gasteiger partial charge in [-0.25, -0.2) is 0 Å². The van der Waals surface area contributed by atoms with Gasteiger partial charge in [0.05, 0.1) is 6.10 Å². The number of amides is 1. The average Bonchev–Trinajstić information content (AvgIpc) is 2.55. The normalized spacial score (nSPS) is 17.0. The molecule has 2 aromatic rings. The van der Waals surface area contributed by atoms with Gasteiger partial charge in [-0.1, -0.05) is 24.3 Å². The molecule has 1 unspecified atom stereocenters. The van der Waals surface area contributed by atoms with Crippen molar-refractivity contribution >= 4 is 17.3 Å². The molecule has 0 saturated heterocycles. The topological polar surface area (TPSA) is 43.8 Å². The summed E-state index contributed by atoms with van der Waals surface area (Å²) in [4.78, 5) is 16.6. The maximum atomic E-state index is 12.9. The van der Waals surface area contributed by atoms with Gasteiger partial charge in [0.25, 0.3) is 5.91 Å². The molecule has 2 aromatic carbocycles. The van der Waals surface area contributed by atoms with Crippen LogP contribution in [-0.2, 0) is 0 Å². The summed E-state index contributed by atoms with van der Waals surface area (Å²) < 4.78 is 0. The molecule has 0 aliphatic carbocycles. The molecule has 0 aromatic heterocycles. The van der Waals surface area contributed by atoms with Crippen LogP contribution in [0.3, 0.4) is 0 Å². The Bertz CT molecular complexity index is 697. The van der Waals surface area contributed by atoms with E-state index < -0.39 is 6.10 Å². The minimum absolute atomic E-state index is 0.0250. The highest BCUT2D eigenvalue weighted by molar-refractivity contribution is 6.07. The van der Waals surface area contributed by atoms with E-state index in [0.29, 0.717) is 18.5 Å². The van der Waals surface area contributed by atoms with Gasteiger partial charge in [0.2, 0.25) is 0 Å². The molecule has 1 atom stereocenters. The van der Waals surface area contributed by atoms with Crippen LogP contribution in [0.2, 0.25) is 0 Å². The van der Waals surface area contributed by atoms with Crippen molar-refractivity contribution in [2.75, 3.05) is 30.4 Å². The van der Waals surface area contributed by atoms with Crippen LogP contribution in [0.25, 0.3) is 0 Å². The van der Waals surface area contributed by atoms with Crippen LogP contribution in [0.5, 0.6) is 0 Å². The molecule has 3 rings (SSSR count). The fraction of sp³-hybridized carbons (Fsp3) is 0.278. The molecule has 1 aliphatic rings. The van der Waals surface area contributed by atoms with Crippen LogP contribution in [0.1, 0.15) is 28.4 Å². The SMILES string of the molecule is CN(C)c1cccc(C(=O)N2CCC(O)c3ccccc32)c1. The van der Waals surface area contributed by atoms with Gasteiger partial charge in [0.1, 0.15) is 0 Å². The Morgan fingerprint density at radius 3 is 2.73 bits per heavy atom. The summed E-state index contributed by atoms with van der Waals surface area (Å²) in [7, 11) is 3.91. The molecule has 4 heteroatoms. The molecule has 0 saturated carbocycles. The third-order valence-corrected chi connectivity index (χ3v) is 4.07. The molecule has 1 amide bonds. The molecule has 0 bridgehead atoms. The number of rotatable bonds is 2. The number of nitrogens with zero attached hydrogens (tertiary/aromatic N) is 2. The highest BCUT2D eigenvalue weighted by atomic mass is 16.3. The maximum Gasteiger partial charge on any atom is 0.258 e. The summed E-state index contributed by atoms with van der Waals surface area (Å²) in [6.07, 6.45) is 0.0733. The van der Waals surface area contributed by atoms with E-state index >= 15 is 0 Å². The lowest BCUT2D eigenvalue weighted by molar-refractivity contribution is 0.0970. The van der Waals surface area contributed by atoms with Crippen molar-refractivity contribution in [3.8, 4) is 0 Å². The number of aliphatic hydroxyl groups is 1. The van der Waals surface area contributed by atoms with Crippen molar-refractivity contribution in [1.29, 1.82) is 0 Å². The summed E-state index contributed by atoms with van der Waals surface area (Å²) in [6, 6.07) is 15.2. The Labute approximate surface area is 130 Å².